The Balaban J connectivity index is 3.03. The molecule has 2 unspecified atom stereocenters. The van der Waals surface area contributed by atoms with Crippen molar-refractivity contribution in [1.82, 2.24) is 0 Å². The second-order valence-electron chi connectivity index (χ2n) is 2.68. The number of aliphatic hydroxyl groups is 2. The molecule has 1 aromatic carbocycles. The Labute approximate surface area is 88.5 Å². The highest BCUT2D eigenvalue weighted by Crippen LogP contribution is 2.26. The van der Waals surface area contributed by atoms with Gasteiger partial charge in [0.05, 0.1) is 6.07 Å². The van der Waals surface area contributed by atoms with E-state index in [1.165, 1.54) is 12.1 Å². The van der Waals surface area contributed by atoms with Crippen molar-refractivity contribution in [3.8, 4) is 6.07 Å². The van der Waals surface area contributed by atoms with Crippen molar-refractivity contribution >= 4 is 15.9 Å². The van der Waals surface area contributed by atoms with Crippen LogP contribution in [0.4, 0.5) is 4.39 Å². The van der Waals surface area contributed by atoms with Crippen LogP contribution in [0.1, 0.15) is 11.7 Å². The number of aliphatic hydroxyl groups excluding tert-OH is 2. The second kappa shape index (κ2) is 4.51. The van der Waals surface area contributed by atoms with Crippen molar-refractivity contribution in [2.75, 3.05) is 0 Å². The molecule has 0 heterocycles. The van der Waals surface area contributed by atoms with Gasteiger partial charge in [0.1, 0.15) is 11.9 Å². The van der Waals surface area contributed by atoms with E-state index in [2.05, 4.69) is 15.9 Å². The summed E-state index contributed by atoms with van der Waals surface area (Å²) in [6.45, 7) is 0. The Kier molecular flexibility index (Phi) is 3.58. The first kappa shape index (κ1) is 11.1. The van der Waals surface area contributed by atoms with Gasteiger partial charge in [-0.2, -0.15) is 5.26 Å². The number of nitriles is 1. The number of rotatable bonds is 2. The summed E-state index contributed by atoms with van der Waals surface area (Å²) in [7, 11) is 0. The summed E-state index contributed by atoms with van der Waals surface area (Å²) >= 11 is 3.02. The van der Waals surface area contributed by atoms with Crippen LogP contribution < -0.4 is 0 Å². The van der Waals surface area contributed by atoms with Gasteiger partial charge >= 0.3 is 0 Å². The number of hydrogen-bond donors (Lipinski definition) is 2. The molecule has 5 heteroatoms. The lowest BCUT2D eigenvalue weighted by atomic mass is 10.1. The van der Waals surface area contributed by atoms with Gasteiger partial charge in [0.15, 0.2) is 6.10 Å². The van der Waals surface area contributed by atoms with E-state index in [1.807, 2.05) is 0 Å². The van der Waals surface area contributed by atoms with Crippen LogP contribution in [0.3, 0.4) is 0 Å². The van der Waals surface area contributed by atoms with Crippen LogP contribution >= 0.6 is 15.9 Å². The Bertz CT molecular complexity index is 378. The molecule has 14 heavy (non-hydrogen) atoms. The second-order valence-corrected chi connectivity index (χ2v) is 3.54. The SMILES string of the molecule is N#CC(O)C(O)c1ccc(F)cc1Br. The number of hydrogen-bond acceptors (Lipinski definition) is 3. The van der Waals surface area contributed by atoms with Gasteiger partial charge in [-0.05, 0) is 17.7 Å². The molecule has 74 valence electrons. The minimum absolute atomic E-state index is 0.278. The smallest absolute Gasteiger partial charge is 0.170 e. The highest BCUT2D eigenvalue weighted by molar-refractivity contribution is 9.10. The third-order valence-corrected chi connectivity index (χ3v) is 2.40. The van der Waals surface area contributed by atoms with Crippen molar-refractivity contribution in [2.45, 2.75) is 12.2 Å². The minimum Gasteiger partial charge on any atom is -0.385 e. The lowest BCUT2D eigenvalue weighted by Gasteiger charge is -2.13. The standard InChI is InChI=1S/C9H7BrFNO2/c10-7-3-5(11)1-2-6(7)9(14)8(13)4-12/h1-3,8-9,13-14H. The van der Waals surface area contributed by atoms with Gasteiger partial charge in [-0.15, -0.1) is 0 Å². The molecule has 0 spiro atoms. The summed E-state index contributed by atoms with van der Waals surface area (Å²) in [6, 6.07) is 5.11. The molecule has 0 fully saturated rings. The fourth-order valence-electron chi connectivity index (χ4n) is 0.982. The Hall–Kier alpha value is -0.960. The minimum atomic E-state index is -1.52. The maximum Gasteiger partial charge on any atom is 0.170 e. The molecule has 0 aromatic heterocycles. The summed E-state index contributed by atoms with van der Waals surface area (Å²) in [5.41, 5.74) is 0.278. The molecule has 0 saturated carbocycles. The molecule has 0 saturated heterocycles. The molecule has 0 aliphatic rings. The van der Waals surface area contributed by atoms with Crippen LogP contribution in [-0.4, -0.2) is 16.3 Å². The average molecular weight is 260 g/mol. The molecule has 0 amide bonds. The first-order chi connectivity index (χ1) is 6.56. The van der Waals surface area contributed by atoms with E-state index in [-0.39, 0.29) is 5.56 Å². The fourth-order valence-corrected chi connectivity index (χ4v) is 1.57. The first-order valence-electron chi connectivity index (χ1n) is 3.77. The molecular formula is C9H7BrFNO2. The summed E-state index contributed by atoms with van der Waals surface area (Å²) in [6.07, 6.45) is -2.85. The molecule has 0 radical (unpaired) electrons. The normalized spacial score (nSPS) is 14.5. The molecule has 0 aliphatic carbocycles. The van der Waals surface area contributed by atoms with E-state index in [0.29, 0.717) is 4.47 Å². The van der Waals surface area contributed by atoms with Crippen LogP contribution in [0.15, 0.2) is 22.7 Å². The van der Waals surface area contributed by atoms with E-state index in [9.17, 15) is 9.50 Å². The van der Waals surface area contributed by atoms with Crippen molar-refractivity contribution in [1.29, 1.82) is 5.26 Å². The molecular weight excluding hydrogens is 253 g/mol. The highest BCUT2D eigenvalue weighted by Gasteiger charge is 2.19. The molecule has 1 rings (SSSR count). The van der Waals surface area contributed by atoms with Crippen molar-refractivity contribution < 1.29 is 14.6 Å². The molecule has 2 N–H and O–H groups in total. The average Bonchev–Trinajstić information content (AvgIpc) is 2.15. The monoisotopic (exact) mass is 259 g/mol. The van der Waals surface area contributed by atoms with E-state index in [1.54, 1.807) is 0 Å². The van der Waals surface area contributed by atoms with E-state index >= 15 is 0 Å². The van der Waals surface area contributed by atoms with Gasteiger partial charge in [0, 0.05) is 4.47 Å². The first-order valence-corrected chi connectivity index (χ1v) is 4.56. The Morgan fingerprint density at radius 1 is 1.43 bits per heavy atom. The van der Waals surface area contributed by atoms with Crippen LogP contribution in [0.2, 0.25) is 0 Å². The summed E-state index contributed by atoms with van der Waals surface area (Å²) in [4.78, 5) is 0. The maximum atomic E-state index is 12.7. The van der Waals surface area contributed by atoms with Gasteiger partial charge in [-0.3, -0.25) is 0 Å². The molecule has 1 aromatic rings. The third-order valence-electron chi connectivity index (χ3n) is 1.71. The quantitative estimate of drug-likeness (QED) is 0.792. The van der Waals surface area contributed by atoms with Crippen LogP contribution in [0, 0.1) is 17.1 Å². The van der Waals surface area contributed by atoms with Crippen LogP contribution in [-0.2, 0) is 0 Å². The van der Waals surface area contributed by atoms with Gasteiger partial charge in [0.2, 0.25) is 0 Å². The van der Waals surface area contributed by atoms with E-state index in [4.69, 9.17) is 10.4 Å². The van der Waals surface area contributed by atoms with Gasteiger partial charge in [-0.1, -0.05) is 22.0 Å². The molecule has 2 atom stereocenters. The third kappa shape index (κ3) is 2.29. The number of benzene rings is 1. The van der Waals surface area contributed by atoms with E-state index in [0.717, 1.165) is 12.1 Å². The summed E-state index contributed by atoms with van der Waals surface area (Å²) < 4.78 is 13.0. The Morgan fingerprint density at radius 2 is 2.07 bits per heavy atom. The van der Waals surface area contributed by atoms with Gasteiger partial charge in [0.25, 0.3) is 0 Å². The summed E-state index contributed by atoms with van der Waals surface area (Å²) in [5, 5.41) is 26.8. The van der Waals surface area contributed by atoms with Crippen molar-refractivity contribution in [3.05, 3.63) is 34.1 Å². The molecule has 0 aliphatic heterocycles. The van der Waals surface area contributed by atoms with E-state index < -0.39 is 18.0 Å². The zero-order valence-corrected chi connectivity index (χ0v) is 8.57. The fraction of sp³-hybridized carbons (Fsp3) is 0.222. The zero-order valence-electron chi connectivity index (χ0n) is 6.98. The Morgan fingerprint density at radius 3 is 2.57 bits per heavy atom. The topological polar surface area (TPSA) is 64.2 Å². The molecule has 0 bridgehead atoms. The predicted octanol–water partition coefficient (Wildman–Crippen LogP) is 1.51. The van der Waals surface area contributed by atoms with Crippen molar-refractivity contribution in [2.24, 2.45) is 0 Å². The van der Waals surface area contributed by atoms with Crippen LogP contribution in [0.25, 0.3) is 0 Å². The lowest BCUT2D eigenvalue weighted by Crippen LogP contribution is -2.16. The van der Waals surface area contributed by atoms with Gasteiger partial charge < -0.3 is 10.2 Å². The predicted molar refractivity (Wildman–Crippen MR) is 50.7 cm³/mol. The zero-order chi connectivity index (χ0) is 10.7. The maximum absolute atomic E-state index is 12.7. The number of halogens is 2. The van der Waals surface area contributed by atoms with Crippen molar-refractivity contribution in [3.63, 3.8) is 0 Å². The molecule has 3 nitrogen and oxygen atoms in total. The highest BCUT2D eigenvalue weighted by atomic mass is 79.9. The summed E-state index contributed by atoms with van der Waals surface area (Å²) in [5.74, 6) is -0.459. The van der Waals surface area contributed by atoms with Crippen LogP contribution in [0.5, 0.6) is 0 Å². The largest absolute Gasteiger partial charge is 0.385 e. The van der Waals surface area contributed by atoms with Gasteiger partial charge in [-0.25, -0.2) is 4.39 Å². The lowest BCUT2D eigenvalue weighted by molar-refractivity contribution is 0.0522. The number of nitrogens with zero attached hydrogens (tertiary/aromatic N) is 1.